The highest BCUT2D eigenvalue weighted by molar-refractivity contribution is 7.18. The SMILES string of the molecule is Cc1c(Cn2nc[nH]c2=O)sc2c1c(=O)n(C1(C)CC1)c(=O)n2C[C@@H]1CCCO1. The van der Waals surface area contributed by atoms with Crippen molar-refractivity contribution in [1.82, 2.24) is 23.9 Å². The molecule has 0 bridgehead atoms. The molecule has 0 unspecified atom stereocenters. The Morgan fingerprint density at radius 1 is 1.34 bits per heavy atom. The van der Waals surface area contributed by atoms with Gasteiger partial charge >= 0.3 is 11.4 Å². The van der Waals surface area contributed by atoms with Crippen LogP contribution in [0.15, 0.2) is 20.7 Å². The lowest BCUT2D eigenvalue weighted by Crippen LogP contribution is -2.45. The molecule has 5 rings (SSSR count). The topological polar surface area (TPSA) is 104 Å². The van der Waals surface area contributed by atoms with Crippen LogP contribution in [0.2, 0.25) is 0 Å². The van der Waals surface area contributed by atoms with Gasteiger partial charge in [0.05, 0.1) is 30.1 Å². The largest absolute Gasteiger partial charge is 0.376 e. The lowest BCUT2D eigenvalue weighted by atomic mass is 10.2. The first-order valence-corrected chi connectivity index (χ1v) is 10.7. The molecule has 3 aromatic heterocycles. The van der Waals surface area contributed by atoms with E-state index in [0.717, 1.165) is 36.1 Å². The van der Waals surface area contributed by atoms with Gasteiger partial charge in [0.1, 0.15) is 11.2 Å². The van der Waals surface area contributed by atoms with Crippen molar-refractivity contribution in [3.8, 4) is 0 Å². The molecule has 29 heavy (non-hydrogen) atoms. The van der Waals surface area contributed by atoms with Crippen molar-refractivity contribution in [3.05, 3.63) is 48.1 Å². The molecule has 4 heterocycles. The van der Waals surface area contributed by atoms with Crippen LogP contribution in [0.4, 0.5) is 0 Å². The Bertz CT molecular complexity index is 1270. The Hall–Kier alpha value is -2.46. The van der Waals surface area contributed by atoms with Crippen LogP contribution in [-0.4, -0.2) is 36.6 Å². The zero-order chi connectivity index (χ0) is 20.3. The van der Waals surface area contributed by atoms with Gasteiger partial charge in [0, 0.05) is 11.5 Å². The number of fused-ring (bicyclic) bond motifs is 1. The molecular formula is C19H23N5O4S. The molecule has 0 spiro atoms. The molecule has 10 heteroatoms. The van der Waals surface area contributed by atoms with Crippen molar-refractivity contribution in [3.63, 3.8) is 0 Å². The van der Waals surface area contributed by atoms with Crippen molar-refractivity contribution in [1.29, 1.82) is 0 Å². The number of aryl methyl sites for hydroxylation is 1. The summed E-state index contributed by atoms with van der Waals surface area (Å²) in [5, 5.41) is 4.59. The van der Waals surface area contributed by atoms with E-state index >= 15 is 0 Å². The first-order chi connectivity index (χ1) is 13.9. The van der Waals surface area contributed by atoms with E-state index in [9.17, 15) is 14.4 Å². The zero-order valence-electron chi connectivity index (χ0n) is 16.4. The predicted molar refractivity (Wildman–Crippen MR) is 109 cm³/mol. The van der Waals surface area contributed by atoms with Crippen LogP contribution in [0.3, 0.4) is 0 Å². The van der Waals surface area contributed by atoms with Gasteiger partial charge in [0.25, 0.3) is 5.56 Å². The molecule has 154 valence electrons. The average molecular weight is 417 g/mol. The number of H-pyrrole nitrogens is 1. The number of thiophene rings is 1. The third-order valence-electron chi connectivity index (χ3n) is 6.15. The molecule has 1 saturated carbocycles. The van der Waals surface area contributed by atoms with E-state index in [1.54, 1.807) is 4.57 Å². The fraction of sp³-hybridized carbons (Fsp3) is 0.579. The van der Waals surface area contributed by atoms with E-state index in [1.807, 2.05) is 13.8 Å². The summed E-state index contributed by atoms with van der Waals surface area (Å²) >= 11 is 1.39. The van der Waals surface area contributed by atoms with Crippen molar-refractivity contribution in [2.45, 2.75) is 64.3 Å². The Labute approximate surface area is 169 Å². The summed E-state index contributed by atoms with van der Waals surface area (Å²) in [6, 6.07) is 0. The maximum atomic E-state index is 13.4. The Kier molecular flexibility index (Phi) is 4.18. The van der Waals surface area contributed by atoms with Crippen LogP contribution in [0, 0.1) is 6.92 Å². The summed E-state index contributed by atoms with van der Waals surface area (Å²) < 4.78 is 10.2. The van der Waals surface area contributed by atoms with Gasteiger partial charge in [-0.2, -0.15) is 5.10 Å². The van der Waals surface area contributed by atoms with Gasteiger partial charge in [-0.05, 0) is 45.1 Å². The summed E-state index contributed by atoms with van der Waals surface area (Å²) in [7, 11) is 0. The van der Waals surface area contributed by atoms with Gasteiger partial charge in [-0.1, -0.05) is 0 Å². The average Bonchev–Trinajstić information content (AvgIpc) is 3.06. The maximum absolute atomic E-state index is 13.4. The van der Waals surface area contributed by atoms with Gasteiger partial charge in [0.15, 0.2) is 0 Å². The summed E-state index contributed by atoms with van der Waals surface area (Å²) in [5.74, 6) is 0. The highest BCUT2D eigenvalue weighted by atomic mass is 32.1. The highest BCUT2D eigenvalue weighted by Gasteiger charge is 2.43. The standard InChI is InChI=1S/C19H23N5O4S/c1-11-13(9-23-17(26)20-10-21-23)29-16-14(11)15(25)24(19(2)5-6-19)18(27)22(16)8-12-4-3-7-28-12/h10,12H,3-9H2,1-2H3,(H,20,21,26)/t12-/m0/s1. The molecule has 1 saturated heterocycles. The predicted octanol–water partition coefficient (Wildman–Crippen LogP) is 1.15. The van der Waals surface area contributed by atoms with Gasteiger partial charge in [-0.25, -0.2) is 14.3 Å². The van der Waals surface area contributed by atoms with Crippen LogP contribution in [0.25, 0.3) is 10.2 Å². The molecule has 1 N–H and O–H groups in total. The minimum absolute atomic E-state index is 0.0197. The zero-order valence-corrected chi connectivity index (χ0v) is 17.3. The molecule has 2 aliphatic rings. The normalized spacial score (nSPS) is 20.6. The molecule has 2 fully saturated rings. The maximum Gasteiger partial charge on any atom is 0.343 e. The fourth-order valence-electron chi connectivity index (χ4n) is 4.11. The molecule has 3 aromatic rings. The van der Waals surface area contributed by atoms with Crippen LogP contribution in [0.5, 0.6) is 0 Å². The summed E-state index contributed by atoms with van der Waals surface area (Å²) in [6.45, 7) is 5.25. The molecule has 0 radical (unpaired) electrons. The van der Waals surface area contributed by atoms with Gasteiger partial charge < -0.3 is 4.74 Å². The van der Waals surface area contributed by atoms with E-state index in [1.165, 1.54) is 26.9 Å². The number of ether oxygens (including phenoxy) is 1. The van der Waals surface area contributed by atoms with E-state index in [4.69, 9.17) is 4.74 Å². The van der Waals surface area contributed by atoms with Gasteiger partial charge in [-0.3, -0.25) is 18.9 Å². The van der Waals surface area contributed by atoms with Crippen LogP contribution < -0.4 is 16.9 Å². The number of hydrogen-bond acceptors (Lipinski definition) is 6. The van der Waals surface area contributed by atoms with Crippen LogP contribution >= 0.6 is 11.3 Å². The molecule has 1 aliphatic heterocycles. The molecule has 0 aromatic carbocycles. The Balaban J connectivity index is 1.73. The third-order valence-corrected chi connectivity index (χ3v) is 7.45. The second-order valence-electron chi connectivity index (χ2n) is 8.25. The second kappa shape index (κ2) is 6.53. The fourth-order valence-corrected chi connectivity index (χ4v) is 5.39. The monoisotopic (exact) mass is 417 g/mol. The smallest absolute Gasteiger partial charge is 0.343 e. The molecule has 1 aliphatic carbocycles. The third kappa shape index (κ3) is 2.93. The minimum atomic E-state index is -0.408. The lowest BCUT2D eigenvalue weighted by molar-refractivity contribution is 0.0964. The Morgan fingerprint density at radius 3 is 2.76 bits per heavy atom. The van der Waals surface area contributed by atoms with Crippen molar-refractivity contribution in [2.75, 3.05) is 6.61 Å². The molecule has 1 atom stereocenters. The quantitative estimate of drug-likeness (QED) is 0.671. The van der Waals surface area contributed by atoms with Gasteiger partial charge in [-0.15, -0.1) is 11.3 Å². The second-order valence-corrected chi connectivity index (χ2v) is 9.33. The van der Waals surface area contributed by atoms with E-state index in [-0.39, 0.29) is 29.6 Å². The minimum Gasteiger partial charge on any atom is -0.376 e. The van der Waals surface area contributed by atoms with Crippen molar-refractivity contribution < 1.29 is 4.74 Å². The number of hydrogen-bond donors (Lipinski definition) is 1. The molecular weight excluding hydrogens is 394 g/mol. The number of nitrogens with zero attached hydrogens (tertiary/aromatic N) is 4. The van der Waals surface area contributed by atoms with E-state index in [0.29, 0.717) is 23.4 Å². The first-order valence-electron chi connectivity index (χ1n) is 9.89. The van der Waals surface area contributed by atoms with E-state index in [2.05, 4.69) is 10.1 Å². The van der Waals surface area contributed by atoms with Crippen LogP contribution in [-0.2, 0) is 23.4 Å². The number of aromatic amines is 1. The van der Waals surface area contributed by atoms with Crippen molar-refractivity contribution >= 4 is 21.6 Å². The number of nitrogens with one attached hydrogen (secondary N) is 1. The summed E-state index contributed by atoms with van der Waals surface area (Å²) in [5.41, 5.74) is -0.398. The lowest BCUT2D eigenvalue weighted by Gasteiger charge is -2.18. The summed E-state index contributed by atoms with van der Waals surface area (Å²) in [4.78, 5) is 42.6. The molecule has 0 amide bonds. The van der Waals surface area contributed by atoms with E-state index < -0.39 is 5.54 Å². The number of aromatic nitrogens is 5. The highest BCUT2D eigenvalue weighted by Crippen LogP contribution is 2.41. The van der Waals surface area contributed by atoms with Crippen LogP contribution in [0.1, 0.15) is 43.0 Å². The van der Waals surface area contributed by atoms with Crippen molar-refractivity contribution in [2.24, 2.45) is 0 Å². The molecule has 9 nitrogen and oxygen atoms in total. The summed E-state index contributed by atoms with van der Waals surface area (Å²) in [6.07, 6.45) is 4.87. The Morgan fingerprint density at radius 2 is 2.14 bits per heavy atom. The number of rotatable bonds is 5. The first kappa shape index (κ1) is 18.6. The van der Waals surface area contributed by atoms with Gasteiger partial charge in [0.2, 0.25) is 0 Å².